The molecule has 0 radical (unpaired) electrons. The molecule has 3 aromatic rings. The van der Waals surface area contributed by atoms with E-state index in [-0.39, 0.29) is 17.4 Å². The number of halogens is 1. The summed E-state index contributed by atoms with van der Waals surface area (Å²) in [6, 6.07) is 9.57. The highest BCUT2D eigenvalue weighted by Crippen LogP contribution is 2.31. The lowest BCUT2D eigenvalue weighted by Crippen LogP contribution is -2.24. The van der Waals surface area contributed by atoms with Gasteiger partial charge in [-0.15, -0.1) is 11.3 Å². The molecule has 1 amide bonds. The maximum atomic E-state index is 12.4. The monoisotopic (exact) mass is 417 g/mol. The number of nitrogens with zero attached hydrogens (tertiary/aromatic N) is 2. The van der Waals surface area contributed by atoms with Gasteiger partial charge in [-0.2, -0.15) is 0 Å². The van der Waals surface area contributed by atoms with Crippen LogP contribution in [0.3, 0.4) is 0 Å². The molecule has 1 aliphatic heterocycles. The molecule has 0 aliphatic carbocycles. The lowest BCUT2D eigenvalue weighted by Gasteiger charge is -2.16. The Morgan fingerprint density at radius 3 is 2.80 bits per heavy atom. The molecule has 2 aromatic heterocycles. The lowest BCUT2D eigenvalue weighted by molar-refractivity contribution is -0.117. The second kappa shape index (κ2) is 6.38. The SMILES string of the molecule is CCc1cc2c(=O)[nH]c([C@@H]3CC(=O)N(c4ccc(Br)cc4)C3)nc2s1. The van der Waals surface area contributed by atoms with Gasteiger partial charge in [0.25, 0.3) is 5.56 Å². The first-order valence-electron chi connectivity index (χ1n) is 8.13. The van der Waals surface area contributed by atoms with Crippen molar-refractivity contribution in [3.05, 3.63) is 55.9 Å². The number of H-pyrrole nitrogens is 1. The molecule has 0 bridgehead atoms. The Hall–Kier alpha value is -1.99. The number of aromatic nitrogens is 2. The fourth-order valence-electron chi connectivity index (χ4n) is 3.13. The average molecular weight is 418 g/mol. The average Bonchev–Trinajstić information content (AvgIpc) is 3.19. The summed E-state index contributed by atoms with van der Waals surface area (Å²) < 4.78 is 0.973. The highest BCUT2D eigenvalue weighted by molar-refractivity contribution is 9.10. The summed E-state index contributed by atoms with van der Waals surface area (Å²) in [6.07, 6.45) is 1.24. The molecule has 1 N–H and O–H groups in total. The van der Waals surface area contributed by atoms with Crippen LogP contribution in [0.25, 0.3) is 10.2 Å². The van der Waals surface area contributed by atoms with Gasteiger partial charge in [0.1, 0.15) is 10.7 Å². The molecule has 1 fully saturated rings. The third kappa shape index (κ3) is 3.02. The highest BCUT2D eigenvalue weighted by atomic mass is 79.9. The van der Waals surface area contributed by atoms with E-state index in [1.807, 2.05) is 30.3 Å². The summed E-state index contributed by atoms with van der Waals surface area (Å²) in [4.78, 5) is 36.0. The van der Waals surface area contributed by atoms with E-state index in [2.05, 4.69) is 32.8 Å². The number of hydrogen-bond acceptors (Lipinski definition) is 4. The smallest absolute Gasteiger partial charge is 0.259 e. The zero-order chi connectivity index (χ0) is 17.6. The van der Waals surface area contributed by atoms with Gasteiger partial charge in [0.2, 0.25) is 5.91 Å². The van der Waals surface area contributed by atoms with Crippen LogP contribution in [0.1, 0.15) is 30.0 Å². The van der Waals surface area contributed by atoms with Gasteiger partial charge in [-0.3, -0.25) is 9.59 Å². The van der Waals surface area contributed by atoms with Crippen molar-refractivity contribution in [1.29, 1.82) is 0 Å². The van der Waals surface area contributed by atoms with E-state index in [9.17, 15) is 9.59 Å². The summed E-state index contributed by atoms with van der Waals surface area (Å²) in [5.74, 6) is 0.561. The number of rotatable bonds is 3. The predicted molar refractivity (Wildman–Crippen MR) is 103 cm³/mol. The second-order valence-corrected chi connectivity index (χ2v) is 8.15. The van der Waals surface area contributed by atoms with E-state index in [0.717, 1.165) is 26.3 Å². The minimum atomic E-state index is -0.120. The van der Waals surface area contributed by atoms with Gasteiger partial charge >= 0.3 is 0 Å². The van der Waals surface area contributed by atoms with Crippen molar-refractivity contribution in [2.45, 2.75) is 25.7 Å². The number of thiophene rings is 1. The quantitative estimate of drug-likeness (QED) is 0.703. The third-order valence-corrected chi connectivity index (χ3v) is 6.17. The number of amides is 1. The molecular weight excluding hydrogens is 402 g/mol. The Morgan fingerprint density at radius 1 is 1.32 bits per heavy atom. The Labute approximate surface area is 156 Å². The number of carbonyl (C=O) groups excluding carboxylic acids is 1. The van der Waals surface area contributed by atoms with Crippen LogP contribution in [0.15, 0.2) is 39.6 Å². The van der Waals surface area contributed by atoms with Gasteiger partial charge in [-0.25, -0.2) is 4.98 Å². The van der Waals surface area contributed by atoms with Crippen molar-refractivity contribution in [3.8, 4) is 0 Å². The Kier molecular flexibility index (Phi) is 4.21. The zero-order valence-electron chi connectivity index (χ0n) is 13.6. The second-order valence-electron chi connectivity index (χ2n) is 6.12. The van der Waals surface area contributed by atoms with Crippen LogP contribution in [0, 0.1) is 0 Å². The minimum absolute atomic E-state index is 0.0514. The molecule has 0 spiro atoms. The molecular formula is C18H16BrN3O2S. The summed E-state index contributed by atoms with van der Waals surface area (Å²) >= 11 is 4.95. The van der Waals surface area contributed by atoms with Crippen molar-refractivity contribution >= 4 is 49.1 Å². The summed E-state index contributed by atoms with van der Waals surface area (Å²) in [7, 11) is 0. The number of carbonyl (C=O) groups is 1. The van der Waals surface area contributed by atoms with E-state index >= 15 is 0 Å². The third-order valence-electron chi connectivity index (χ3n) is 4.47. The van der Waals surface area contributed by atoms with Crippen LogP contribution in [0.5, 0.6) is 0 Å². The maximum absolute atomic E-state index is 12.4. The van der Waals surface area contributed by atoms with Gasteiger partial charge in [-0.05, 0) is 36.8 Å². The molecule has 0 saturated carbocycles. The topological polar surface area (TPSA) is 66.1 Å². The standard InChI is InChI=1S/C18H16BrN3O2S/c1-2-13-8-14-17(24)20-16(21-18(14)25-13)10-7-15(23)22(9-10)12-5-3-11(19)4-6-12/h3-6,8,10H,2,7,9H2,1H3,(H,20,21,24)/t10-/m1/s1. The minimum Gasteiger partial charge on any atom is -0.312 e. The van der Waals surface area contributed by atoms with Crippen LogP contribution in [0.4, 0.5) is 5.69 Å². The number of aromatic amines is 1. The van der Waals surface area contributed by atoms with Crippen LogP contribution < -0.4 is 10.5 Å². The van der Waals surface area contributed by atoms with Gasteiger partial charge in [0, 0.05) is 33.9 Å². The number of benzene rings is 1. The first kappa shape index (κ1) is 16.5. The van der Waals surface area contributed by atoms with Crippen molar-refractivity contribution in [3.63, 3.8) is 0 Å². The summed E-state index contributed by atoms with van der Waals surface area (Å²) in [6.45, 7) is 2.59. The molecule has 1 saturated heterocycles. The van der Waals surface area contributed by atoms with Crippen LogP contribution >= 0.6 is 27.3 Å². The van der Waals surface area contributed by atoms with Crippen molar-refractivity contribution < 1.29 is 4.79 Å². The summed E-state index contributed by atoms with van der Waals surface area (Å²) in [5.41, 5.74) is 0.744. The molecule has 5 nitrogen and oxygen atoms in total. The van der Waals surface area contributed by atoms with Crippen molar-refractivity contribution in [1.82, 2.24) is 9.97 Å². The Morgan fingerprint density at radius 2 is 2.08 bits per heavy atom. The molecule has 128 valence electrons. The molecule has 3 heterocycles. The largest absolute Gasteiger partial charge is 0.312 e. The number of hydrogen-bond donors (Lipinski definition) is 1. The van der Waals surface area contributed by atoms with E-state index in [4.69, 9.17) is 0 Å². The maximum Gasteiger partial charge on any atom is 0.259 e. The number of aryl methyl sites for hydroxylation is 1. The van der Waals surface area contributed by atoms with E-state index in [0.29, 0.717) is 24.2 Å². The van der Waals surface area contributed by atoms with Crippen molar-refractivity contribution in [2.24, 2.45) is 0 Å². The van der Waals surface area contributed by atoms with E-state index in [1.165, 1.54) is 0 Å². The normalized spacial score (nSPS) is 17.6. The molecule has 7 heteroatoms. The summed E-state index contributed by atoms with van der Waals surface area (Å²) in [5, 5.41) is 0.639. The molecule has 4 rings (SSSR count). The fourth-order valence-corrected chi connectivity index (χ4v) is 4.37. The van der Waals surface area contributed by atoms with Crippen LogP contribution in [-0.2, 0) is 11.2 Å². The van der Waals surface area contributed by atoms with Crippen molar-refractivity contribution in [2.75, 3.05) is 11.4 Å². The zero-order valence-corrected chi connectivity index (χ0v) is 16.0. The Bertz CT molecular complexity index is 1010. The molecule has 0 unspecified atom stereocenters. The Balaban J connectivity index is 1.66. The number of fused-ring (bicyclic) bond motifs is 1. The van der Waals surface area contributed by atoms with E-state index in [1.54, 1.807) is 16.2 Å². The van der Waals surface area contributed by atoms with E-state index < -0.39 is 0 Å². The van der Waals surface area contributed by atoms with Crippen LogP contribution in [0.2, 0.25) is 0 Å². The van der Waals surface area contributed by atoms with Gasteiger partial charge in [0.05, 0.1) is 5.39 Å². The predicted octanol–water partition coefficient (Wildman–Crippen LogP) is 3.83. The van der Waals surface area contributed by atoms with Gasteiger partial charge < -0.3 is 9.88 Å². The van der Waals surface area contributed by atoms with Gasteiger partial charge in [0.15, 0.2) is 0 Å². The first-order valence-corrected chi connectivity index (χ1v) is 9.74. The molecule has 1 atom stereocenters. The fraction of sp³-hybridized carbons (Fsp3) is 0.278. The number of nitrogens with one attached hydrogen (secondary N) is 1. The highest BCUT2D eigenvalue weighted by Gasteiger charge is 2.33. The number of anilines is 1. The molecule has 1 aliphatic rings. The first-order chi connectivity index (χ1) is 12.0. The van der Waals surface area contributed by atoms with Gasteiger partial charge in [-0.1, -0.05) is 22.9 Å². The molecule has 1 aromatic carbocycles. The lowest BCUT2D eigenvalue weighted by atomic mass is 10.1. The van der Waals surface area contributed by atoms with Crippen LogP contribution in [-0.4, -0.2) is 22.4 Å². The molecule has 25 heavy (non-hydrogen) atoms.